The van der Waals surface area contributed by atoms with Gasteiger partial charge in [-0.15, -0.1) is 0 Å². The van der Waals surface area contributed by atoms with Crippen molar-refractivity contribution in [3.05, 3.63) is 29.3 Å². The zero-order valence-electron chi connectivity index (χ0n) is 13.7. The lowest BCUT2D eigenvalue weighted by Gasteiger charge is -2.37. The highest BCUT2D eigenvalue weighted by Gasteiger charge is 2.37. The van der Waals surface area contributed by atoms with Gasteiger partial charge in [0.2, 0.25) is 0 Å². The third kappa shape index (κ3) is 3.49. The summed E-state index contributed by atoms with van der Waals surface area (Å²) in [5.41, 5.74) is 2.61. The molecule has 2 rings (SSSR count). The van der Waals surface area contributed by atoms with Crippen molar-refractivity contribution >= 4 is 10.8 Å². The largest absolute Gasteiger partial charge is 0.497 e. The Morgan fingerprint density at radius 3 is 2.67 bits per heavy atom. The Kier molecular flexibility index (Phi) is 5.10. The van der Waals surface area contributed by atoms with Crippen molar-refractivity contribution in [2.24, 2.45) is 0 Å². The Morgan fingerprint density at radius 1 is 1.38 bits per heavy atom. The van der Waals surface area contributed by atoms with E-state index in [1.807, 2.05) is 6.07 Å². The zero-order chi connectivity index (χ0) is 15.6. The molecule has 0 radical (unpaired) electrons. The summed E-state index contributed by atoms with van der Waals surface area (Å²) in [6, 6.07) is 6.43. The van der Waals surface area contributed by atoms with E-state index in [0.717, 1.165) is 25.1 Å². The highest BCUT2D eigenvalue weighted by Crippen LogP contribution is 2.37. The van der Waals surface area contributed by atoms with Crippen LogP contribution in [0.5, 0.6) is 5.75 Å². The number of hydrogen-bond acceptors (Lipinski definition) is 3. The van der Waals surface area contributed by atoms with Crippen LogP contribution in [0.1, 0.15) is 51.3 Å². The maximum atomic E-state index is 12.9. The van der Waals surface area contributed by atoms with Crippen molar-refractivity contribution in [1.82, 2.24) is 5.32 Å². The second-order valence-corrected chi connectivity index (χ2v) is 9.01. The molecule has 118 valence electrons. The van der Waals surface area contributed by atoms with Crippen molar-refractivity contribution in [2.75, 3.05) is 13.7 Å². The van der Waals surface area contributed by atoms with Gasteiger partial charge in [0, 0.05) is 21.6 Å². The van der Waals surface area contributed by atoms with Crippen LogP contribution in [-0.2, 0) is 17.2 Å². The number of methoxy groups -OCH3 is 1. The fraction of sp³-hybridized carbons (Fsp3) is 0.647. The predicted molar refractivity (Wildman–Crippen MR) is 89.4 cm³/mol. The van der Waals surface area contributed by atoms with Crippen molar-refractivity contribution in [3.63, 3.8) is 0 Å². The highest BCUT2D eigenvalue weighted by molar-refractivity contribution is 7.87. The molecule has 1 aromatic rings. The molecule has 3 unspecified atom stereocenters. The summed E-state index contributed by atoms with van der Waals surface area (Å²) < 4.78 is 18.0. The van der Waals surface area contributed by atoms with Gasteiger partial charge in [-0.3, -0.25) is 4.21 Å². The molecule has 0 amide bonds. The van der Waals surface area contributed by atoms with E-state index in [-0.39, 0.29) is 16.0 Å². The molecule has 3 nitrogen and oxygen atoms in total. The molecule has 0 spiro atoms. The summed E-state index contributed by atoms with van der Waals surface area (Å²) in [6.07, 6.45) is 1.93. The number of nitrogens with one attached hydrogen (secondary N) is 1. The first kappa shape index (κ1) is 16.5. The number of hydrogen-bond donors (Lipinski definition) is 1. The van der Waals surface area contributed by atoms with Gasteiger partial charge in [-0.05, 0) is 63.4 Å². The smallest absolute Gasteiger partial charge is 0.119 e. The molecule has 0 aliphatic heterocycles. The van der Waals surface area contributed by atoms with Gasteiger partial charge in [-0.2, -0.15) is 0 Å². The Labute approximate surface area is 130 Å². The first-order valence-electron chi connectivity index (χ1n) is 7.69. The Hall–Kier alpha value is -0.870. The van der Waals surface area contributed by atoms with Crippen molar-refractivity contribution in [1.29, 1.82) is 0 Å². The van der Waals surface area contributed by atoms with E-state index in [4.69, 9.17) is 4.74 Å². The summed E-state index contributed by atoms with van der Waals surface area (Å²) >= 11 is 0. The van der Waals surface area contributed by atoms with Crippen LogP contribution in [0, 0.1) is 0 Å². The zero-order valence-corrected chi connectivity index (χ0v) is 14.5. The SMILES string of the molecule is CCNC1c2ccc(OC)cc2CCC1S(=O)C(C)(C)C. The van der Waals surface area contributed by atoms with E-state index in [0.29, 0.717) is 0 Å². The van der Waals surface area contributed by atoms with Gasteiger partial charge in [-0.1, -0.05) is 13.0 Å². The second-order valence-electron chi connectivity index (χ2n) is 6.59. The first-order chi connectivity index (χ1) is 9.88. The van der Waals surface area contributed by atoms with Crippen LogP contribution in [-0.4, -0.2) is 27.9 Å². The quantitative estimate of drug-likeness (QED) is 0.928. The van der Waals surface area contributed by atoms with Crippen LogP contribution in [0.15, 0.2) is 18.2 Å². The summed E-state index contributed by atoms with van der Waals surface area (Å²) in [7, 11) is 0.835. The molecule has 3 atom stereocenters. The third-order valence-corrected chi connectivity index (χ3v) is 6.32. The molecule has 21 heavy (non-hydrogen) atoms. The molecular weight excluding hydrogens is 282 g/mol. The van der Waals surface area contributed by atoms with Gasteiger partial charge in [-0.25, -0.2) is 0 Å². The monoisotopic (exact) mass is 309 g/mol. The molecule has 1 aromatic carbocycles. The van der Waals surface area contributed by atoms with E-state index in [1.54, 1.807) is 7.11 Å². The lowest BCUT2D eigenvalue weighted by atomic mass is 9.87. The molecule has 0 saturated carbocycles. The van der Waals surface area contributed by atoms with Crippen molar-refractivity contribution < 1.29 is 8.95 Å². The van der Waals surface area contributed by atoms with Crippen LogP contribution in [0.25, 0.3) is 0 Å². The van der Waals surface area contributed by atoms with E-state index in [1.165, 1.54) is 11.1 Å². The fourth-order valence-electron chi connectivity index (χ4n) is 3.04. The first-order valence-corrected chi connectivity index (χ1v) is 8.90. The summed E-state index contributed by atoms with van der Waals surface area (Å²) in [5.74, 6) is 0.902. The maximum Gasteiger partial charge on any atom is 0.119 e. The topological polar surface area (TPSA) is 38.3 Å². The van der Waals surface area contributed by atoms with Gasteiger partial charge in [0.25, 0.3) is 0 Å². The van der Waals surface area contributed by atoms with Crippen LogP contribution in [0.3, 0.4) is 0 Å². The van der Waals surface area contributed by atoms with Gasteiger partial charge in [0.1, 0.15) is 5.75 Å². The predicted octanol–water partition coefficient (Wildman–Crippen LogP) is 3.21. The Morgan fingerprint density at radius 2 is 2.10 bits per heavy atom. The van der Waals surface area contributed by atoms with Crippen LogP contribution >= 0.6 is 0 Å². The van der Waals surface area contributed by atoms with Crippen LogP contribution in [0.4, 0.5) is 0 Å². The Bertz CT molecular complexity index is 522. The van der Waals surface area contributed by atoms with Crippen molar-refractivity contribution in [2.45, 2.75) is 56.6 Å². The van der Waals surface area contributed by atoms with E-state index < -0.39 is 10.8 Å². The molecule has 0 bridgehead atoms. The average molecular weight is 309 g/mol. The normalized spacial score (nSPS) is 23.5. The summed E-state index contributed by atoms with van der Waals surface area (Å²) in [4.78, 5) is 0. The van der Waals surface area contributed by atoms with Gasteiger partial charge in [0.05, 0.1) is 12.4 Å². The molecule has 1 aliphatic rings. The number of benzene rings is 1. The lowest BCUT2D eigenvalue weighted by molar-refractivity contribution is 0.411. The molecular formula is C17H27NO2S. The van der Waals surface area contributed by atoms with Gasteiger partial charge < -0.3 is 10.1 Å². The van der Waals surface area contributed by atoms with Crippen LogP contribution in [0.2, 0.25) is 0 Å². The minimum Gasteiger partial charge on any atom is -0.497 e. The third-order valence-electron chi connectivity index (χ3n) is 4.06. The molecule has 1 aliphatic carbocycles. The molecule has 0 aromatic heterocycles. The number of aryl methyl sites for hydroxylation is 1. The molecule has 0 saturated heterocycles. The second kappa shape index (κ2) is 6.49. The molecule has 4 heteroatoms. The highest BCUT2D eigenvalue weighted by atomic mass is 32.2. The summed E-state index contributed by atoms with van der Waals surface area (Å²) in [5, 5.41) is 3.72. The standard InChI is InChI=1S/C17H27NO2S/c1-6-18-16-14-9-8-13(20-5)11-12(14)7-10-15(16)21(19)17(2,3)4/h8-9,11,15-16,18H,6-7,10H2,1-5H3. The molecule has 0 heterocycles. The molecule has 1 N–H and O–H groups in total. The molecule has 0 fully saturated rings. The number of ether oxygens (including phenoxy) is 1. The van der Waals surface area contributed by atoms with Gasteiger partial charge >= 0.3 is 0 Å². The van der Waals surface area contributed by atoms with E-state index in [2.05, 4.69) is 45.1 Å². The Balaban J connectivity index is 2.37. The minimum absolute atomic E-state index is 0.171. The van der Waals surface area contributed by atoms with E-state index in [9.17, 15) is 4.21 Å². The summed E-state index contributed by atoms with van der Waals surface area (Å²) in [6.45, 7) is 9.18. The van der Waals surface area contributed by atoms with Crippen LogP contribution < -0.4 is 10.1 Å². The number of fused-ring (bicyclic) bond motifs is 1. The lowest BCUT2D eigenvalue weighted by Crippen LogP contribution is -2.43. The average Bonchev–Trinajstić information content (AvgIpc) is 2.45. The van der Waals surface area contributed by atoms with E-state index >= 15 is 0 Å². The van der Waals surface area contributed by atoms with Crippen molar-refractivity contribution in [3.8, 4) is 5.75 Å². The fourth-order valence-corrected chi connectivity index (χ4v) is 4.77. The maximum absolute atomic E-state index is 12.9. The number of rotatable bonds is 4. The minimum atomic E-state index is -0.863. The van der Waals surface area contributed by atoms with Gasteiger partial charge in [0.15, 0.2) is 0 Å².